The van der Waals surface area contributed by atoms with Crippen LogP contribution in [0.5, 0.6) is 0 Å². The minimum atomic E-state index is -0.434. The van der Waals surface area contributed by atoms with Gasteiger partial charge in [-0.05, 0) is 36.6 Å². The first-order valence-corrected chi connectivity index (χ1v) is 7.52. The van der Waals surface area contributed by atoms with Gasteiger partial charge >= 0.3 is 0 Å². The summed E-state index contributed by atoms with van der Waals surface area (Å²) in [5.74, 6) is -0.0386. The van der Waals surface area contributed by atoms with Crippen LogP contribution in [0, 0.1) is 11.3 Å². The number of nitrogens with one attached hydrogen (secondary N) is 1. The van der Waals surface area contributed by atoms with Crippen LogP contribution in [0.2, 0.25) is 0 Å². The van der Waals surface area contributed by atoms with Crippen LogP contribution < -0.4 is 5.32 Å². The number of carbonyl (C=O) groups excluding carboxylic acids is 1. The topological polar surface area (TPSA) is 52.9 Å². The number of benzene rings is 2. The number of amides is 1. The zero-order valence-electron chi connectivity index (χ0n) is 11.3. The fraction of sp³-hybridized carbons (Fsp3) is 0.176. The number of hydrogen-bond acceptors (Lipinski definition) is 2. The fourth-order valence-corrected chi connectivity index (χ4v) is 2.85. The molecule has 0 spiro atoms. The molecule has 1 amide bonds. The van der Waals surface area contributed by atoms with E-state index in [0.29, 0.717) is 11.3 Å². The molecule has 0 heterocycles. The highest BCUT2D eigenvalue weighted by Gasteiger charge is 2.51. The second-order valence-electron chi connectivity index (χ2n) is 5.20. The van der Waals surface area contributed by atoms with Gasteiger partial charge in [0.1, 0.15) is 6.07 Å². The van der Waals surface area contributed by atoms with Crippen molar-refractivity contribution in [3.63, 3.8) is 0 Å². The van der Waals surface area contributed by atoms with Crippen LogP contribution >= 0.6 is 15.9 Å². The molecule has 2 aromatic carbocycles. The Hall–Kier alpha value is -2.12. The molecule has 0 saturated heterocycles. The Labute approximate surface area is 131 Å². The molecule has 0 aliphatic heterocycles. The molecule has 0 radical (unpaired) electrons. The standard InChI is InChI=1S/C17H13BrN2O/c18-14-7-6-12(11-19)15(10-14)20-16(21)17(8-9-17)13-4-2-1-3-5-13/h1-7,10H,8-9H2,(H,20,21). The van der Waals surface area contributed by atoms with Crippen molar-refractivity contribution < 1.29 is 4.79 Å². The molecule has 0 atom stereocenters. The van der Waals surface area contributed by atoms with Crippen LogP contribution in [-0.2, 0) is 10.2 Å². The van der Waals surface area contributed by atoms with E-state index in [1.54, 1.807) is 18.2 Å². The number of nitriles is 1. The summed E-state index contributed by atoms with van der Waals surface area (Å²) in [5, 5.41) is 12.1. The molecule has 3 rings (SSSR count). The Kier molecular flexibility index (Phi) is 3.52. The van der Waals surface area contributed by atoms with Gasteiger partial charge in [0.25, 0.3) is 0 Å². The number of nitrogens with zero attached hydrogens (tertiary/aromatic N) is 1. The predicted octanol–water partition coefficient (Wildman–Crippen LogP) is 3.99. The second kappa shape index (κ2) is 5.34. The van der Waals surface area contributed by atoms with Crippen molar-refractivity contribution >= 4 is 27.5 Å². The van der Waals surface area contributed by atoms with Crippen molar-refractivity contribution in [1.82, 2.24) is 0 Å². The van der Waals surface area contributed by atoms with Gasteiger partial charge in [-0.3, -0.25) is 4.79 Å². The van der Waals surface area contributed by atoms with Crippen LogP contribution in [0.25, 0.3) is 0 Å². The van der Waals surface area contributed by atoms with Crippen LogP contribution in [0.3, 0.4) is 0 Å². The maximum absolute atomic E-state index is 12.6. The molecule has 0 bridgehead atoms. The minimum absolute atomic E-state index is 0.0386. The quantitative estimate of drug-likeness (QED) is 0.918. The molecule has 1 aliphatic carbocycles. The molecule has 21 heavy (non-hydrogen) atoms. The van der Waals surface area contributed by atoms with Crippen molar-refractivity contribution in [1.29, 1.82) is 5.26 Å². The monoisotopic (exact) mass is 340 g/mol. The van der Waals surface area contributed by atoms with Crippen molar-refractivity contribution in [2.24, 2.45) is 0 Å². The molecular formula is C17H13BrN2O. The Morgan fingerprint density at radius 3 is 2.52 bits per heavy atom. The van der Waals surface area contributed by atoms with E-state index in [2.05, 4.69) is 27.3 Å². The summed E-state index contributed by atoms with van der Waals surface area (Å²) >= 11 is 3.37. The highest BCUT2D eigenvalue weighted by atomic mass is 79.9. The lowest BCUT2D eigenvalue weighted by atomic mass is 9.95. The zero-order valence-corrected chi connectivity index (χ0v) is 12.9. The van der Waals surface area contributed by atoms with Crippen molar-refractivity contribution in [2.75, 3.05) is 5.32 Å². The van der Waals surface area contributed by atoms with E-state index in [0.717, 1.165) is 22.9 Å². The first-order chi connectivity index (χ1) is 10.2. The highest BCUT2D eigenvalue weighted by molar-refractivity contribution is 9.10. The van der Waals surface area contributed by atoms with Crippen LogP contribution in [0.1, 0.15) is 24.0 Å². The van der Waals surface area contributed by atoms with E-state index in [1.807, 2.05) is 30.3 Å². The van der Waals surface area contributed by atoms with Gasteiger partial charge in [-0.1, -0.05) is 46.3 Å². The molecule has 104 valence electrons. The molecule has 0 unspecified atom stereocenters. The van der Waals surface area contributed by atoms with Gasteiger partial charge in [-0.15, -0.1) is 0 Å². The maximum Gasteiger partial charge on any atom is 0.235 e. The number of halogens is 1. The Morgan fingerprint density at radius 2 is 1.90 bits per heavy atom. The maximum atomic E-state index is 12.6. The number of rotatable bonds is 3. The third kappa shape index (κ3) is 2.57. The Morgan fingerprint density at radius 1 is 1.19 bits per heavy atom. The predicted molar refractivity (Wildman–Crippen MR) is 84.8 cm³/mol. The molecule has 1 N–H and O–H groups in total. The highest BCUT2D eigenvalue weighted by Crippen LogP contribution is 2.49. The van der Waals surface area contributed by atoms with Gasteiger partial charge in [0.15, 0.2) is 0 Å². The van der Waals surface area contributed by atoms with E-state index in [9.17, 15) is 4.79 Å². The SMILES string of the molecule is N#Cc1ccc(Br)cc1NC(=O)C1(c2ccccc2)CC1. The third-order valence-corrected chi connectivity index (χ3v) is 4.35. The summed E-state index contributed by atoms with van der Waals surface area (Å²) in [4.78, 5) is 12.6. The smallest absolute Gasteiger partial charge is 0.235 e. The summed E-state index contributed by atoms with van der Waals surface area (Å²) in [6.07, 6.45) is 1.69. The van der Waals surface area contributed by atoms with Gasteiger partial charge in [0.2, 0.25) is 5.91 Å². The van der Waals surface area contributed by atoms with E-state index in [1.165, 1.54) is 0 Å². The van der Waals surface area contributed by atoms with Crippen molar-refractivity contribution in [3.8, 4) is 6.07 Å². The Balaban J connectivity index is 1.88. The largest absolute Gasteiger partial charge is 0.324 e. The summed E-state index contributed by atoms with van der Waals surface area (Å²) in [5.41, 5.74) is 1.63. The normalized spacial score (nSPS) is 15.0. The Bertz CT molecular complexity index is 730. The van der Waals surface area contributed by atoms with E-state index >= 15 is 0 Å². The number of anilines is 1. The lowest BCUT2D eigenvalue weighted by Crippen LogP contribution is -2.28. The van der Waals surface area contributed by atoms with Gasteiger partial charge in [-0.2, -0.15) is 5.26 Å². The molecule has 4 heteroatoms. The molecular weight excluding hydrogens is 328 g/mol. The zero-order chi connectivity index (χ0) is 14.9. The lowest BCUT2D eigenvalue weighted by molar-refractivity contribution is -0.118. The average Bonchev–Trinajstić information content (AvgIpc) is 3.30. The first kappa shape index (κ1) is 13.8. The first-order valence-electron chi connectivity index (χ1n) is 6.72. The summed E-state index contributed by atoms with van der Waals surface area (Å²) in [6, 6.07) is 17.2. The van der Waals surface area contributed by atoms with Gasteiger partial charge in [0.05, 0.1) is 16.7 Å². The van der Waals surface area contributed by atoms with Crippen LogP contribution in [0.4, 0.5) is 5.69 Å². The molecule has 1 saturated carbocycles. The molecule has 1 fully saturated rings. The van der Waals surface area contributed by atoms with Gasteiger partial charge in [-0.25, -0.2) is 0 Å². The minimum Gasteiger partial charge on any atom is -0.324 e. The van der Waals surface area contributed by atoms with Crippen molar-refractivity contribution in [2.45, 2.75) is 18.3 Å². The van der Waals surface area contributed by atoms with E-state index in [4.69, 9.17) is 5.26 Å². The van der Waals surface area contributed by atoms with Crippen LogP contribution in [0.15, 0.2) is 53.0 Å². The van der Waals surface area contributed by atoms with Gasteiger partial charge in [0, 0.05) is 4.47 Å². The van der Waals surface area contributed by atoms with E-state index in [-0.39, 0.29) is 5.91 Å². The average molecular weight is 341 g/mol. The third-order valence-electron chi connectivity index (χ3n) is 3.86. The summed E-state index contributed by atoms with van der Waals surface area (Å²) in [7, 11) is 0. The second-order valence-corrected chi connectivity index (χ2v) is 6.12. The fourth-order valence-electron chi connectivity index (χ4n) is 2.49. The van der Waals surface area contributed by atoms with E-state index < -0.39 is 5.41 Å². The van der Waals surface area contributed by atoms with Crippen LogP contribution in [-0.4, -0.2) is 5.91 Å². The van der Waals surface area contributed by atoms with Gasteiger partial charge < -0.3 is 5.32 Å². The molecule has 1 aliphatic rings. The summed E-state index contributed by atoms with van der Waals surface area (Å²) < 4.78 is 0.835. The number of hydrogen-bond donors (Lipinski definition) is 1. The molecule has 0 aromatic heterocycles. The lowest BCUT2D eigenvalue weighted by Gasteiger charge is -2.16. The van der Waals surface area contributed by atoms with Crippen molar-refractivity contribution in [3.05, 3.63) is 64.1 Å². The number of carbonyl (C=O) groups is 1. The molecule has 2 aromatic rings. The summed E-state index contributed by atoms with van der Waals surface area (Å²) in [6.45, 7) is 0. The molecule has 3 nitrogen and oxygen atoms in total.